The normalized spacial score (nSPS) is 32.6. The molecule has 0 saturated carbocycles. The van der Waals surface area contributed by atoms with Crippen LogP contribution in [0.1, 0.15) is 45.2 Å². The van der Waals surface area contributed by atoms with Crippen molar-refractivity contribution in [1.29, 1.82) is 0 Å². The molecule has 44 heavy (non-hydrogen) atoms. The van der Waals surface area contributed by atoms with Crippen LogP contribution in [0.15, 0.2) is 11.3 Å². The van der Waals surface area contributed by atoms with Crippen molar-refractivity contribution in [2.24, 2.45) is 5.11 Å². The average Bonchev–Trinajstić information content (AvgIpc) is 3.47. The van der Waals surface area contributed by atoms with Crippen molar-refractivity contribution < 1.29 is 59.1 Å². The molecular formula is C26H46N6O12. The van der Waals surface area contributed by atoms with Crippen LogP contribution in [-0.2, 0) is 41.6 Å². The highest BCUT2D eigenvalue weighted by molar-refractivity contribution is 4.95. The summed E-state index contributed by atoms with van der Waals surface area (Å²) in [6.07, 6.45) is -10.6. The quantitative estimate of drug-likeness (QED) is 0.0449. The van der Waals surface area contributed by atoms with Crippen LogP contribution in [0.25, 0.3) is 10.4 Å². The molecule has 1 aromatic heterocycles. The topological polar surface area (TPSA) is 256 Å². The number of aromatic nitrogens is 3. The average molecular weight is 635 g/mol. The fourth-order valence-corrected chi connectivity index (χ4v) is 4.56. The highest BCUT2D eigenvalue weighted by Crippen LogP contribution is 2.29. The van der Waals surface area contributed by atoms with Gasteiger partial charge in [-0.05, 0) is 18.4 Å². The maximum absolute atomic E-state index is 10.6. The molecule has 3 heterocycles. The SMILES string of the molecule is CCCCOCC(COCCCC)OCc1cn(CC2O[C@H](O[C@H]3OC(CN=[N+]=[N-])[C@@H](O)[C@H](O)C3O)C(O)C(O)[C@@H]2O)nn1. The third kappa shape index (κ3) is 10.5. The zero-order chi connectivity index (χ0) is 32.1. The minimum atomic E-state index is -1.78. The molecule has 0 amide bonds. The summed E-state index contributed by atoms with van der Waals surface area (Å²) in [7, 11) is 0. The zero-order valence-electron chi connectivity index (χ0n) is 25.0. The molecule has 2 fully saturated rings. The molecule has 1 aromatic rings. The van der Waals surface area contributed by atoms with Gasteiger partial charge in [0.05, 0.1) is 45.2 Å². The van der Waals surface area contributed by atoms with Crippen molar-refractivity contribution in [2.75, 3.05) is 33.0 Å². The van der Waals surface area contributed by atoms with Gasteiger partial charge in [0.25, 0.3) is 0 Å². The smallest absolute Gasteiger partial charge is 0.189 e. The van der Waals surface area contributed by atoms with Gasteiger partial charge in [0.2, 0.25) is 0 Å². The highest BCUT2D eigenvalue weighted by atomic mass is 16.8. The summed E-state index contributed by atoms with van der Waals surface area (Å²) in [6, 6.07) is 0. The fraction of sp³-hybridized carbons (Fsp3) is 0.923. The Balaban J connectivity index is 1.58. The number of aliphatic hydroxyl groups is 6. The third-order valence-electron chi connectivity index (χ3n) is 7.24. The summed E-state index contributed by atoms with van der Waals surface area (Å²) < 4.78 is 35.4. The molecule has 0 spiro atoms. The lowest BCUT2D eigenvalue weighted by Crippen LogP contribution is -2.63. The molecule has 0 aromatic carbocycles. The van der Waals surface area contributed by atoms with Crippen LogP contribution < -0.4 is 0 Å². The standard InChI is InChI=1S/C26H46N6O12/c1-3-5-7-39-13-16(14-40-8-6-4-2)41-12-15-10-32(31-29-15)11-18-20(34)22(36)24(38)26(43-18)44-25-23(37)21(35)19(33)17(42-25)9-28-30-27/h10,16-26,33-38H,3-9,11-14H2,1-2H3/t17?,18?,19-,20-,21+,22?,23?,24?,25-,26-/m1/s1. The molecule has 18 heteroatoms. The van der Waals surface area contributed by atoms with Crippen LogP contribution in [-0.4, -0.2) is 146 Å². The number of hydrogen-bond acceptors (Lipinski definition) is 15. The number of hydrogen-bond donors (Lipinski definition) is 6. The second-order valence-corrected chi connectivity index (χ2v) is 10.8. The minimum absolute atomic E-state index is 0.113. The predicted molar refractivity (Wildman–Crippen MR) is 149 cm³/mol. The van der Waals surface area contributed by atoms with Crippen molar-refractivity contribution in [3.05, 3.63) is 22.3 Å². The van der Waals surface area contributed by atoms with E-state index in [9.17, 15) is 30.6 Å². The number of unbranched alkanes of at least 4 members (excludes halogenated alkanes) is 2. The van der Waals surface area contributed by atoms with E-state index in [4.69, 9.17) is 34.0 Å². The molecule has 2 aliphatic heterocycles. The zero-order valence-corrected chi connectivity index (χ0v) is 25.0. The Hall–Kier alpha value is -2.03. The van der Waals surface area contributed by atoms with E-state index in [1.165, 1.54) is 4.68 Å². The van der Waals surface area contributed by atoms with Gasteiger partial charge >= 0.3 is 0 Å². The van der Waals surface area contributed by atoms with Gasteiger partial charge in [-0.2, -0.15) is 0 Å². The molecule has 2 aliphatic rings. The van der Waals surface area contributed by atoms with Gasteiger partial charge < -0.3 is 59.1 Å². The third-order valence-corrected chi connectivity index (χ3v) is 7.24. The Morgan fingerprint density at radius 3 is 2.02 bits per heavy atom. The van der Waals surface area contributed by atoms with Crippen molar-refractivity contribution in [3.8, 4) is 0 Å². The van der Waals surface area contributed by atoms with Gasteiger partial charge in [0, 0.05) is 18.1 Å². The summed E-state index contributed by atoms with van der Waals surface area (Å²) in [5.41, 5.74) is 9.04. The van der Waals surface area contributed by atoms with E-state index in [1.807, 2.05) is 0 Å². The van der Waals surface area contributed by atoms with E-state index in [0.717, 1.165) is 25.7 Å². The maximum atomic E-state index is 10.6. The van der Waals surface area contributed by atoms with Gasteiger partial charge in [-0.15, -0.1) is 5.10 Å². The summed E-state index contributed by atoms with van der Waals surface area (Å²) in [5, 5.41) is 73.7. The molecule has 18 nitrogen and oxygen atoms in total. The second-order valence-electron chi connectivity index (χ2n) is 10.8. The molecule has 0 aliphatic carbocycles. The Labute approximate surface area is 255 Å². The first-order valence-corrected chi connectivity index (χ1v) is 14.9. The van der Waals surface area contributed by atoms with Gasteiger partial charge in [-0.3, -0.25) is 0 Å². The van der Waals surface area contributed by atoms with Crippen LogP contribution in [0.5, 0.6) is 0 Å². The number of aliphatic hydroxyl groups excluding tert-OH is 6. The fourth-order valence-electron chi connectivity index (χ4n) is 4.56. The molecule has 252 valence electrons. The number of ether oxygens (including phenoxy) is 6. The number of rotatable bonds is 19. The molecule has 10 atom stereocenters. The van der Waals surface area contributed by atoms with Gasteiger partial charge in [-0.25, -0.2) is 4.68 Å². The van der Waals surface area contributed by atoms with Gasteiger partial charge in [0.15, 0.2) is 12.6 Å². The van der Waals surface area contributed by atoms with Gasteiger partial charge in [-0.1, -0.05) is 37.0 Å². The highest BCUT2D eigenvalue weighted by Gasteiger charge is 2.49. The predicted octanol–water partition coefficient (Wildman–Crippen LogP) is -1.26. The van der Waals surface area contributed by atoms with E-state index in [1.54, 1.807) is 6.20 Å². The lowest BCUT2D eigenvalue weighted by molar-refractivity contribution is -0.373. The van der Waals surface area contributed by atoms with E-state index >= 15 is 0 Å². The van der Waals surface area contributed by atoms with Crippen molar-refractivity contribution in [2.45, 2.75) is 120 Å². The molecule has 2 saturated heterocycles. The van der Waals surface area contributed by atoms with Crippen LogP contribution >= 0.6 is 0 Å². The molecule has 3 rings (SSSR count). The van der Waals surface area contributed by atoms with Crippen LogP contribution in [0, 0.1) is 0 Å². The molecule has 0 bridgehead atoms. The molecule has 0 radical (unpaired) electrons. The lowest BCUT2D eigenvalue weighted by Gasteiger charge is -2.44. The largest absolute Gasteiger partial charge is 0.388 e. The summed E-state index contributed by atoms with van der Waals surface area (Å²) in [6.45, 7) is 5.77. The molecule has 6 N–H and O–H groups in total. The Morgan fingerprint density at radius 1 is 0.886 bits per heavy atom. The van der Waals surface area contributed by atoms with E-state index < -0.39 is 61.4 Å². The van der Waals surface area contributed by atoms with E-state index in [2.05, 4.69) is 34.2 Å². The summed E-state index contributed by atoms with van der Waals surface area (Å²) >= 11 is 0. The first-order chi connectivity index (χ1) is 21.2. The summed E-state index contributed by atoms with van der Waals surface area (Å²) in [4.78, 5) is 2.58. The van der Waals surface area contributed by atoms with E-state index in [-0.39, 0.29) is 25.8 Å². The number of azide groups is 1. The first-order valence-electron chi connectivity index (χ1n) is 14.9. The Kier molecular flexibility index (Phi) is 15.6. The number of nitrogens with zero attached hydrogens (tertiary/aromatic N) is 6. The minimum Gasteiger partial charge on any atom is -0.388 e. The van der Waals surface area contributed by atoms with Crippen LogP contribution in [0.3, 0.4) is 0 Å². The molecular weight excluding hydrogens is 588 g/mol. The van der Waals surface area contributed by atoms with Crippen molar-refractivity contribution >= 4 is 0 Å². The van der Waals surface area contributed by atoms with Crippen molar-refractivity contribution in [1.82, 2.24) is 15.0 Å². The van der Waals surface area contributed by atoms with Crippen LogP contribution in [0.4, 0.5) is 0 Å². The van der Waals surface area contributed by atoms with Gasteiger partial charge in [0.1, 0.15) is 54.5 Å². The lowest BCUT2D eigenvalue weighted by atomic mass is 9.97. The van der Waals surface area contributed by atoms with Crippen molar-refractivity contribution in [3.63, 3.8) is 0 Å². The first kappa shape index (κ1) is 36.4. The molecule has 5 unspecified atom stereocenters. The Morgan fingerprint density at radius 2 is 1.45 bits per heavy atom. The van der Waals surface area contributed by atoms with Crippen LogP contribution in [0.2, 0.25) is 0 Å². The second kappa shape index (κ2) is 18.8. The summed E-state index contributed by atoms with van der Waals surface area (Å²) in [5.74, 6) is 0. The monoisotopic (exact) mass is 634 g/mol. The van der Waals surface area contributed by atoms with E-state index in [0.29, 0.717) is 32.1 Å². The maximum Gasteiger partial charge on any atom is 0.189 e. The Bertz CT molecular complexity index is 990.